The Hall–Kier alpha value is -3.04. The van der Waals surface area contributed by atoms with Crippen molar-refractivity contribution in [3.05, 3.63) is 47.2 Å². The number of nitrogens with two attached hydrogens (primary N) is 1. The number of pyridine rings is 1. The Morgan fingerprint density at radius 3 is 2.50 bits per heavy atom. The molecule has 3 aromatic rings. The molecule has 1 amide bonds. The first kappa shape index (κ1) is 15.8. The van der Waals surface area contributed by atoms with Gasteiger partial charge in [-0.2, -0.15) is 22.7 Å². The van der Waals surface area contributed by atoms with Crippen LogP contribution < -0.4 is 5.73 Å². The highest BCUT2D eigenvalue weighted by molar-refractivity contribution is 5.94. The Bertz CT molecular complexity index is 964. The van der Waals surface area contributed by atoms with Crippen molar-refractivity contribution >= 4 is 11.6 Å². The Balaban J connectivity index is 2.36. The van der Waals surface area contributed by atoms with E-state index in [1.54, 1.807) is 0 Å². The smallest absolute Gasteiger partial charge is 0.364 e. The molecule has 0 unspecified atom stereocenters. The van der Waals surface area contributed by atoms with Crippen molar-refractivity contribution in [3.8, 4) is 11.4 Å². The summed E-state index contributed by atoms with van der Waals surface area (Å²) in [5.41, 5.74) is 2.44. The monoisotopic (exact) mass is 339 g/mol. The summed E-state index contributed by atoms with van der Waals surface area (Å²) in [5.74, 6) is -2.12. The molecule has 3 aromatic heterocycles. The van der Waals surface area contributed by atoms with E-state index in [9.17, 15) is 22.4 Å². The number of hydrogen-bond acceptors (Lipinski definition) is 4. The van der Waals surface area contributed by atoms with Crippen LogP contribution in [0.15, 0.2) is 24.3 Å². The number of alkyl halides is 3. The Kier molecular flexibility index (Phi) is 3.47. The number of carbonyl (C=O) groups excluding carboxylic acids is 1. The maximum absolute atomic E-state index is 13.3. The third-order valence-electron chi connectivity index (χ3n) is 3.26. The maximum atomic E-state index is 13.3. The van der Waals surface area contributed by atoms with E-state index >= 15 is 0 Å². The van der Waals surface area contributed by atoms with Crippen molar-refractivity contribution < 1.29 is 22.4 Å². The van der Waals surface area contributed by atoms with Crippen LogP contribution in [-0.2, 0) is 6.18 Å². The Morgan fingerprint density at radius 2 is 1.92 bits per heavy atom. The molecule has 10 heteroatoms. The van der Waals surface area contributed by atoms with Crippen molar-refractivity contribution in [2.24, 2.45) is 5.73 Å². The summed E-state index contributed by atoms with van der Waals surface area (Å²) in [6.45, 7) is 1.47. The lowest BCUT2D eigenvalue weighted by atomic mass is 10.2. The molecule has 0 aliphatic carbocycles. The van der Waals surface area contributed by atoms with Gasteiger partial charge >= 0.3 is 6.18 Å². The fourth-order valence-corrected chi connectivity index (χ4v) is 2.28. The molecule has 0 aliphatic heterocycles. The van der Waals surface area contributed by atoms with Crippen molar-refractivity contribution in [2.45, 2.75) is 13.1 Å². The number of rotatable bonds is 2. The number of carbonyl (C=O) groups is 1. The Labute approximate surface area is 131 Å². The minimum absolute atomic E-state index is 0.0147. The van der Waals surface area contributed by atoms with Crippen LogP contribution in [0.5, 0.6) is 0 Å². The van der Waals surface area contributed by atoms with Crippen LogP contribution in [0.25, 0.3) is 17.0 Å². The molecule has 3 heterocycles. The number of hydrogen-bond donors (Lipinski definition) is 1. The van der Waals surface area contributed by atoms with E-state index in [-0.39, 0.29) is 17.1 Å². The quantitative estimate of drug-likeness (QED) is 0.574. The van der Waals surface area contributed by atoms with Gasteiger partial charge in [0.2, 0.25) is 5.95 Å². The normalized spacial score (nSPS) is 11.9. The molecule has 0 atom stereocenters. The lowest BCUT2D eigenvalue weighted by Gasteiger charge is -2.07. The standard InChI is InChI=1S/C14H9F4N5O/c1-6-5-8(7-3-2-4-9(15)20-7)21-13-10(14(16,17)18)11(12(19)24)22-23(6)13/h2-5H,1H3,(H2,19,24). The second-order valence-corrected chi connectivity index (χ2v) is 4.95. The first-order valence-electron chi connectivity index (χ1n) is 6.59. The summed E-state index contributed by atoms with van der Waals surface area (Å²) in [5, 5.41) is 3.60. The van der Waals surface area contributed by atoms with E-state index in [2.05, 4.69) is 15.1 Å². The van der Waals surface area contributed by atoms with Crippen molar-refractivity contribution in [1.29, 1.82) is 0 Å². The minimum atomic E-state index is -4.89. The van der Waals surface area contributed by atoms with Gasteiger partial charge in [0.1, 0.15) is 5.56 Å². The van der Waals surface area contributed by atoms with E-state index in [1.807, 2.05) is 0 Å². The molecule has 0 fully saturated rings. The van der Waals surface area contributed by atoms with Gasteiger partial charge in [0.05, 0.1) is 11.4 Å². The largest absolute Gasteiger partial charge is 0.422 e. The number of fused-ring (bicyclic) bond motifs is 1. The van der Waals surface area contributed by atoms with Crippen molar-refractivity contribution in [1.82, 2.24) is 19.6 Å². The zero-order valence-electron chi connectivity index (χ0n) is 12.1. The lowest BCUT2D eigenvalue weighted by molar-refractivity contribution is -0.136. The maximum Gasteiger partial charge on any atom is 0.422 e. The predicted molar refractivity (Wildman–Crippen MR) is 74.4 cm³/mol. The zero-order valence-corrected chi connectivity index (χ0v) is 12.1. The molecule has 2 N–H and O–H groups in total. The molecule has 0 saturated carbocycles. The fraction of sp³-hybridized carbons (Fsp3) is 0.143. The van der Waals surface area contributed by atoms with Gasteiger partial charge in [-0.1, -0.05) is 6.07 Å². The van der Waals surface area contributed by atoms with E-state index in [0.717, 1.165) is 10.6 Å². The molecule has 24 heavy (non-hydrogen) atoms. The average Bonchev–Trinajstić information content (AvgIpc) is 2.87. The summed E-state index contributed by atoms with van der Waals surface area (Å²) >= 11 is 0. The molecule has 0 spiro atoms. The molecular weight excluding hydrogens is 330 g/mol. The number of amides is 1. The first-order valence-corrected chi connectivity index (χ1v) is 6.59. The van der Waals surface area contributed by atoms with E-state index in [4.69, 9.17) is 5.73 Å². The number of aromatic nitrogens is 4. The molecule has 0 saturated heterocycles. The SMILES string of the molecule is Cc1cc(-c2cccc(F)n2)nc2c(C(F)(F)F)c(C(N)=O)nn12. The van der Waals surface area contributed by atoms with Gasteiger partial charge in [-0.25, -0.2) is 14.5 Å². The highest BCUT2D eigenvalue weighted by Gasteiger charge is 2.41. The third-order valence-corrected chi connectivity index (χ3v) is 3.26. The summed E-state index contributed by atoms with van der Waals surface area (Å²) in [6, 6.07) is 5.24. The van der Waals surface area contributed by atoms with Crippen LogP contribution in [0.1, 0.15) is 21.7 Å². The van der Waals surface area contributed by atoms with Crippen LogP contribution in [0, 0.1) is 12.9 Å². The van der Waals surface area contributed by atoms with Gasteiger partial charge in [-0.3, -0.25) is 4.79 Å². The summed E-state index contributed by atoms with van der Waals surface area (Å²) in [7, 11) is 0. The zero-order chi connectivity index (χ0) is 17.6. The molecule has 124 valence electrons. The highest BCUT2D eigenvalue weighted by Crippen LogP contribution is 2.35. The fourth-order valence-electron chi connectivity index (χ4n) is 2.28. The number of primary amides is 1. The molecular formula is C14H9F4N5O. The predicted octanol–water partition coefficient (Wildman–Crippen LogP) is 2.36. The van der Waals surface area contributed by atoms with Crippen LogP contribution >= 0.6 is 0 Å². The summed E-state index contributed by atoms with van der Waals surface area (Å²) < 4.78 is 54.1. The van der Waals surface area contributed by atoms with Gasteiger partial charge < -0.3 is 5.73 Å². The molecule has 0 aromatic carbocycles. The molecule has 0 radical (unpaired) electrons. The topological polar surface area (TPSA) is 86.2 Å². The van der Waals surface area contributed by atoms with E-state index < -0.39 is 34.9 Å². The van der Waals surface area contributed by atoms with Crippen molar-refractivity contribution in [3.63, 3.8) is 0 Å². The number of halogens is 4. The lowest BCUT2D eigenvalue weighted by Crippen LogP contribution is -2.18. The second-order valence-electron chi connectivity index (χ2n) is 4.95. The summed E-state index contributed by atoms with van der Waals surface area (Å²) in [6.07, 6.45) is -4.89. The Morgan fingerprint density at radius 1 is 1.21 bits per heavy atom. The molecule has 0 aliphatic rings. The number of nitrogens with zero attached hydrogens (tertiary/aromatic N) is 4. The second kappa shape index (κ2) is 5.25. The third kappa shape index (κ3) is 2.55. The van der Waals surface area contributed by atoms with Crippen molar-refractivity contribution in [2.75, 3.05) is 0 Å². The van der Waals surface area contributed by atoms with Gasteiger partial charge in [-0.05, 0) is 25.1 Å². The minimum Gasteiger partial charge on any atom is -0.364 e. The van der Waals surface area contributed by atoms with Crippen LogP contribution in [0.4, 0.5) is 17.6 Å². The van der Waals surface area contributed by atoms with Crippen LogP contribution in [0.3, 0.4) is 0 Å². The van der Waals surface area contributed by atoms with E-state index in [1.165, 1.54) is 25.1 Å². The average molecular weight is 339 g/mol. The van der Waals surface area contributed by atoms with Crippen LogP contribution in [-0.4, -0.2) is 25.5 Å². The van der Waals surface area contributed by atoms with Crippen LogP contribution in [0.2, 0.25) is 0 Å². The van der Waals surface area contributed by atoms with Gasteiger partial charge in [-0.15, -0.1) is 0 Å². The first-order chi connectivity index (χ1) is 11.2. The van der Waals surface area contributed by atoms with E-state index in [0.29, 0.717) is 0 Å². The molecule has 3 rings (SSSR count). The number of aryl methyl sites for hydroxylation is 1. The molecule has 0 bridgehead atoms. The van der Waals surface area contributed by atoms with Gasteiger partial charge in [0.25, 0.3) is 5.91 Å². The summed E-state index contributed by atoms with van der Waals surface area (Å²) in [4.78, 5) is 18.8. The van der Waals surface area contributed by atoms with Gasteiger partial charge in [0.15, 0.2) is 11.3 Å². The van der Waals surface area contributed by atoms with Gasteiger partial charge in [0, 0.05) is 5.69 Å². The highest BCUT2D eigenvalue weighted by atomic mass is 19.4. The molecule has 6 nitrogen and oxygen atoms in total.